The number of carboxylic acid groups (broad SMARTS) is 1. The molecule has 0 N–H and O–H groups in total. The van der Waals surface area contributed by atoms with Gasteiger partial charge in [0.15, 0.2) is 0 Å². The average molecular weight is 312 g/mol. The van der Waals surface area contributed by atoms with E-state index < -0.39 is 5.97 Å². The third-order valence-electron chi connectivity index (χ3n) is 1.66. The fourth-order valence-corrected chi connectivity index (χ4v) is 0.957. The van der Waals surface area contributed by atoms with Crippen molar-refractivity contribution in [3.63, 3.8) is 0 Å². The van der Waals surface area contributed by atoms with Crippen LogP contribution in [0.2, 0.25) is 0 Å². The molecule has 0 aromatic heterocycles. The van der Waals surface area contributed by atoms with Gasteiger partial charge in [-0.05, 0) is 18.1 Å². The standard InChI is InChI=1S/C10H12O3.Cs/c1-2-13-7-8-3-5-9(6-4-8)10(11)12;/h3-6H,2,7H2,1H3,(H,11,12);/q;+1/p-1. The van der Waals surface area contributed by atoms with Crippen molar-refractivity contribution in [3.05, 3.63) is 35.4 Å². The summed E-state index contributed by atoms with van der Waals surface area (Å²) >= 11 is 0. The Morgan fingerprint density at radius 3 is 2.36 bits per heavy atom. The molecule has 0 aliphatic heterocycles. The molecule has 1 rings (SSSR count). The van der Waals surface area contributed by atoms with Crippen LogP contribution in [0.15, 0.2) is 24.3 Å². The van der Waals surface area contributed by atoms with Crippen LogP contribution < -0.4 is 74.0 Å². The Kier molecular flexibility index (Phi) is 8.32. The predicted octanol–water partition coefficient (Wildman–Crippen LogP) is -2.41. The largest absolute Gasteiger partial charge is 1.00 e. The summed E-state index contributed by atoms with van der Waals surface area (Å²) in [7, 11) is 0. The summed E-state index contributed by atoms with van der Waals surface area (Å²) < 4.78 is 5.16. The molecule has 0 saturated carbocycles. The van der Waals surface area contributed by atoms with Gasteiger partial charge in [-0.2, -0.15) is 0 Å². The average Bonchev–Trinajstić information content (AvgIpc) is 2.15. The van der Waals surface area contributed by atoms with Crippen molar-refractivity contribution in [2.45, 2.75) is 13.5 Å². The number of hydrogen-bond acceptors (Lipinski definition) is 3. The first-order chi connectivity index (χ1) is 6.24. The van der Waals surface area contributed by atoms with E-state index in [1.807, 2.05) is 6.92 Å². The molecule has 0 amide bonds. The van der Waals surface area contributed by atoms with Crippen molar-refractivity contribution >= 4 is 5.97 Å². The molecule has 14 heavy (non-hydrogen) atoms. The Hall–Kier alpha value is 0.702. The summed E-state index contributed by atoms with van der Waals surface area (Å²) in [6.45, 7) is 3.08. The monoisotopic (exact) mass is 312 g/mol. The van der Waals surface area contributed by atoms with Crippen molar-refractivity contribution in [1.29, 1.82) is 0 Å². The van der Waals surface area contributed by atoms with Gasteiger partial charge in [-0.1, -0.05) is 24.3 Å². The summed E-state index contributed by atoms with van der Waals surface area (Å²) in [5.74, 6) is -1.15. The van der Waals surface area contributed by atoms with E-state index in [0.29, 0.717) is 13.2 Å². The molecular formula is C10H11CsO3. The number of hydrogen-bond donors (Lipinski definition) is 0. The van der Waals surface area contributed by atoms with Crippen LogP contribution in [0.4, 0.5) is 0 Å². The van der Waals surface area contributed by atoms with E-state index in [2.05, 4.69) is 0 Å². The zero-order valence-corrected chi connectivity index (χ0v) is 14.7. The second kappa shape index (κ2) is 7.92. The first-order valence-electron chi connectivity index (χ1n) is 4.12. The van der Waals surface area contributed by atoms with Crippen LogP contribution in [-0.4, -0.2) is 12.6 Å². The molecule has 0 unspecified atom stereocenters. The van der Waals surface area contributed by atoms with Crippen LogP contribution in [0.3, 0.4) is 0 Å². The van der Waals surface area contributed by atoms with E-state index >= 15 is 0 Å². The van der Waals surface area contributed by atoms with Crippen LogP contribution >= 0.6 is 0 Å². The molecule has 0 aliphatic rings. The summed E-state index contributed by atoms with van der Waals surface area (Å²) in [4.78, 5) is 10.4. The topological polar surface area (TPSA) is 49.4 Å². The first kappa shape index (κ1) is 14.7. The number of carboxylic acids is 1. The minimum absolute atomic E-state index is 0. The van der Waals surface area contributed by atoms with Gasteiger partial charge < -0.3 is 14.6 Å². The van der Waals surface area contributed by atoms with Gasteiger partial charge in [0.1, 0.15) is 0 Å². The number of carbonyl (C=O) groups excluding carboxylic acids is 1. The van der Waals surface area contributed by atoms with Crippen LogP contribution in [0.5, 0.6) is 0 Å². The molecule has 0 bridgehead atoms. The second-order valence-electron chi connectivity index (χ2n) is 2.62. The van der Waals surface area contributed by atoms with Crippen molar-refractivity contribution in [2.24, 2.45) is 0 Å². The molecule has 3 nitrogen and oxygen atoms in total. The third-order valence-corrected chi connectivity index (χ3v) is 1.66. The summed E-state index contributed by atoms with van der Waals surface area (Å²) in [5.41, 5.74) is 1.16. The maximum Gasteiger partial charge on any atom is 1.00 e. The minimum atomic E-state index is -1.15. The van der Waals surface area contributed by atoms with Gasteiger partial charge in [0, 0.05) is 6.61 Å². The number of ether oxygens (including phenoxy) is 1. The Morgan fingerprint density at radius 1 is 1.36 bits per heavy atom. The van der Waals surface area contributed by atoms with Crippen LogP contribution in [0.1, 0.15) is 22.8 Å². The molecule has 0 saturated heterocycles. The SMILES string of the molecule is CCOCc1ccc(C(=O)[O-])cc1.[Cs+]. The predicted molar refractivity (Wildman–Crippen MR) is 46.1 cm³/mol. The van der Waals surface area contributed by atoms with E-state index in [4.69, 9.17) is 4.74 Å². The molecule has 70 valence electrons. The Labute approximate surface area is 142 Å². The van der Waals surface area contributed by atoms with E-state index in [0.717, 1.165) is 5.56 Å². The molecular weight excluding hydrogens is 301 g/mol. The maximum atomic E-state index is 10.4. The number of carbonyl (C=O) groups is 1. The minimum Gasteiger partial charge on any atom is -0.545 e. The van der Waals surface area contributed by atoms with Crippen molar-refractivity contribution in [3.8, 4) is 0 Å². The molecule has 0 heterocycles. The van der Waals surface area contributed by atoms with Crippen LogP contribution in [0.25, 0.3) is 0 Å². The van der Waals surface area contributed by atoms with E-state index in [1.54, 1.807) is 12.1 Å². The molecule has 1 aromatic carbocycles. The molecule has 0 atom stereocenters. The van der Waals surface area contributed by atoms with Gasteiger partial charge in [-0.25, -0.2) is 0 Å². The fourth-order valence-electron chi connectivity index (χ4n) is 0.957. The normalized spacial score (nSPS) is 9.21. The zero-order valence-electron chi connectivity index (χ0n) is 8.45. The Morgan fingerprint density at radius 2 is 1.93 bits per heavy atom. The second-order valence-corrected chi connectivity index (χ2v) is 2.62. The molecule has 4 heteroatoms. The molecule has 0 fully saturated rings. The van der Waals surface area contributed by atoms with E-state index in [1.165, 1.54) is 12.1 Å². The molecule has 1 aromatic rings. The van der Waals surface area contributed by atoms with Gasteiger partial charge in [0.2, 0.25) is 0 Å². The van der Waals surface area contributed by atoms with Gasteiger partial charge in [0.05, 0.1) is 12.6 Å². The van der Waals surface area contributed by atoms with E-state index in [9.17, 15) is 9.90 Å². The van der Waals surface area contributed by atoms with Crippen LogP contribution in [-0.2, 0) is 11.3 Å². The number of benzene rings is 1. The molecule has 0 aliphatic carbocycles. The first-order valence-corrected chi connectivity index (χ1v) is 4.12. The third kappa shape index (κ3) is 4.97. The fraction of sp³-hybridized carbons (Fsp3) is 0.300. The Bertz CT molecular complexity index is 282. The summed E-state index contributed by atoms with van der Waals surface area (Å²) in [6.07, 6.45) is 0. The molecule has 0 spiro atoms. The maximum absolute atomic E-state index is 10.4. The van der Waals surface area contributed by atoms with Crippen molar-refractivity contribution in [2.75, 3.05) is 6.61 Å². The quantitative estimate of drug-likeness (QED) is 0.622. The van der Waals surface area contributed by atoms with Gasteiger partial charge in [-0.3, -0.25) is 0 Å². The smallest absolute Gasteiger partial charge is 0.545 e. The van der Waals surface area contributed by atoms with Gasteiger partial charge in [-0.15, -0.1) is 0 Å². The van der Waals surface area contributed by atoms with Gasteiger partial charge >= 0.3 is 68.9 Å². The van der Waals surface area contributed by atoms with E-state index in [-0.39, 0.29) is 74.5 Å². The summed E-state index contributed by atoms with van der Waals surface area (Å²) in [5, 5.41) is 10.4. The number of rotatable bonds is 4. The molecule has 0 radical (unpaired) electrons. The zero-order chi connectivity index (χ0) is 9.68. The van der Waals surface area contributed by atoms with Crippen molar-refractivity contribution < 1.29 is 83.5 Å². The summed E-state index contributed by atoms with van der Waals surface area (Å²) in [6, 6.07) is 6.48. The van der Waals surface area contributed by atoms with Crippen LogP contribution in [0, 0.1) is 0 Å². The Balaban J connectivity index is 0.00000169. The van der Waals surface area contributed by atoms with Crippen molar-refractivity contribution in [1.82, 2.24) is 0 Å². The number of aromatic carboxylic acids is 1. The van der Waals surface area contributed by atoms with Gasteiger partial charge in [0.25, 0.3) is 0 Å².